The van der Waals surface area contributed by atoms with Crippen molar-refractivity contribution in [3.63, 3.8) is 0 Å². The largest absolute Gasteiger partial charge is 0.489 e. The second-order valence-electron chi connectivity index (χ2n) is 6.24. The van der Waals surface area contributed by atoms with Crippen molar-refractivity contribution >= 4 is 21.9 Å². The molecule has 5 heteroatoms. The summed E-state index contributed by atoms with van der Waals surface area (Å²) in [6.07, 6.45) is 3.66. The monoisotopic (exact) mass is 338 g/mol. The van der Waals surface area contributed by atoms with Gasteiger partial charge in [-0.2, -0.15) is 0 Å². The van der Waals surface area contributed by atoms with Gasteiger partial charge in [0.25, 0.3) is 0 Å². The van der Waals surface area contributed by atoms with Gasteiger partial charge in [-0.3, -0.25) is 4.79 Å². The zero-order valence-corrected chi connectivity index (χ0v) is 12.5. The Morgan fingerprint density at radius 1 is 1.10 bits per heavy atom. The summed E-state index contributed by atoms with van der Waals surface area (Å²) in [5.74, 6) is 0.636. The maximum Gasteiger partial charge on any atom is 0.314 e. The molecule has 2 saturated carbocycles. The third kappa shape index (κ3) is 1.75. The molecule has 3 aliphatic rings. The Labute approximate surface area is 125 Å². The average molecular weight is 339 g/mol. The van der Waals surface area contributed by atoms with E-state index in [-0.39, 0.29) is 5.41 Å². The molecule has 1 heterocycles. The second kappa shape index (κ2) is 3.91. The van der Waals surface area contributed by atoms with E-state index in [9.17, 15) is 9.90 Å². The topological polar surface area (TPSA) is 55.8 Å². The molecule has 20 heavy (non-hydrogen) atoms. The van der Waals surface area contributed by atoms with Gasteiger partial charge in [0.05, 0.1) is 18.6 Å². The van der Waals surface area contributed by atoms with Crippen molar-refractivity contribution in [3.05, 3.63) is 22.2 Å². The van der Waals surface area contributed by atoms with Crippen molar-refractivity contribution in [1.82, 2.24) is 0 Å². The van der Waals surface area contributed by atoms with Crippen molar-refractivity contribution in [3.8, 4) is 11.5 Å². The van der Waals surface area contributed by atoms with Gasteiger partial charge in [0.1, 0.15) is 0 Å². The predicted molar refractivity (Wildman–Crippen MR) is 75.3 cm³/mol. The van der Waals surface area contributed by atoms with Crippen LogP contribution in [0.5, 0.6) is 11.5 Å². The predicted octanol–water partition coefficient (Wildman–Crippen LogP) is 3.12. The molecule has 1 aromatic rings. The molecule has 2 fully saturated rings. The molecule has 0 amide bonds. The van der Waals surface area contributed by atoms with Gasteiger partial charge in [0.15, 0.2) is 11.5 Å². The molecule has 1 aliphatic heterocycles. The van der Waals surface area contributed by atoms with E-state index in [4.69, 9.17) is 9.47 Å². The number of halogens is 1. The number of ether oxygens (including phenoxy) is 2. The van der Waals surface area contributed by atoms with Crippen molar-refractivity contribution in [2.45, 2.75) is 31.1 Å². The summed E-state index contributed by atoms with van der Waals surface area (Å²) in [6.45, 7) is 1.36. The maximum absolute atomic E-state index is 11.5. The van der Waals surface area contributed by atoms with E-state index in [1.165, 1.54) is 0 Å². The number of carboxylic acids is 1. The number of carboxylic acid groups (broad SMARTS) is 1. The van der Waals surface area contributed by atoms with Crippen LogP contribution in [0.25, 0.3) is 0 Å². The molecule has 0 atom stereocenters. The third-order valence-corrected chi connectivity index (χ3v) is 5.39. The number of aliphatic carboxylic acids is 1. The molecule has 4 nitrogen and oxygen atoms in total. The lowest BCUT2D eigenvalue weighted by atomic mass is 9.96. The highest BCUT2D eigenvalue weighted by molar-refractivity contribution is 9.10. The molecular formula is C15H15BrO4. The Morgan fingerprint density at radius 3 is 2.20 bits per heavy atom. The summed E-state index contributed by atoms with van der Waals surface area (Å²) in [6, 6.07) is 3.71. The lowest BCUT2D eigenvalue weighted by molar-refractivity contribution is -0.140. The number of hydrogen-bond acceptors (Lipinski definition) is 3. The minimum Gasteiger partial charge on any atom is -0.489 e. The molecule has 2 aliphatic carbocycles. The molecule has 0 saturated heterocycles. The van der Waals surface area contributed by atoms with E-state index in [2.05, 4.69) is 15.9 Å². The van der Waals surface area contributed by atoms with E-state index in [1.807, 2.05) is 12.1 Å². The molecule has 0 aromatic heterocycles. The van der Waals surface area contributed by atoms with Gasteiger partial charge in [-0.1, -0.05) is 15.9 Å². The molecule has 0 radical (unpaired) electrons. The van der Waals surface area contributed by atoms with Crippen LogP contribution in [-0.4, -0.2) is 24.3 Å². The van der Waals surface area contributed by atoms with Crippen LogP contribution >= 0.6 is 15.9 Å². The Kier molecular flexibility index (Phi) is 2.44. The first-order chi connectivity index (χ1) is 9.55. The summed E-state index contributed by atoms with van der Waals surface area (Å²) in [5, 5.41) is 9.44. The van der Waals surface area contributed by atoms with E-state index < -0.39 is 11.4 Å². The van der Waals surface area contributed by atoms with Crippen molar-refractivity contribution < 1.29 is 19.4 Å². The lowest BCUT2D eigenvalue weighted by Crippen LogP contribution is -2.20. The van der Waals surface area contributed by atoms with Gasteiger partial charge in [0.2, 0.25) is 0 Å². The standard InChI is InChI=1S/C15H15BrO4/c16-10-6-12-11(19-7-14(1-2-14)8-20-12)5-9(10)15(3-4-15)13(17)18/h5-6H,1-4,7-8H2,(H,17,18). The smallest absolute Gasteiger partial charge is 0.314 e. The average Bonchev–Trinajstić information content (AvgIpc) is 3.30. The molecular weight excluding hydrogens is 324 g/mol. The van der Waals surface area contributed by atoms with Crippen LogP contribution in [0, 0.1) is 5.41 Å². The number of carbonyl (C=O) groups is 1. The lowest BCUT2D eigenvalue weighted by Gasteiger charge is -2.16. The fraction of sp³-hybridized carbons (Fsp3) is 0.533. The Bertz CT molecular complexity index is 602. The van der Waals surface area contributed by atoms with Gasteiger partial charge in [-0.15, -0.1) is 0 Å². The fourth-order valence-corrected chi connectivity index (χ4v) is 3.52. The highest BCUT2D eigenvalue weighted by atomic mass is 79.9. The van der Waals surface area contributed by atoms with Crippen molar-refractivity contribution in [1.29, 1.82) is 0 Å². The van der Waals surface area contributed by atoms with Crippen LogP contribution in [0.3, 0.4) is 0 Å². The van der Waals surface area contributed by atoms with E-state index in [1.54, 1.807) is 0 Å². The van der Waals surface area contributed by atoms with Crippen LogP contribution in [0.1, 0.15) is 31.2 Å². The van der Waals surface area contributed by atoms with Crippen LogP contribution in [0.2, 0.25) is 0 Å². The summed E-state index contributed by atoms with van der Waals surface area (Å²) < 4.78 is 12.5. The highest BCUT2D eigenvalue weighted by Gasteiger charge is 2.53. The molecule has 1 N–H and O–H groups in total. The highest BCUT2D eigenvalue weighted by Crippen LogP contribution is 2.54. The van der Waals surface area contributed by atoms with Gasteiger partial charge < -0.3 is 14.6 Å². The first kappa shape index (κ1) is 12.5. The van der Waals surface area contributed by atoms with Gasteiger partial charge in [-0.05, 0) is 43.4 Å². The van der Waals surface area contributed by atoms with Crippen molar-refractivity contribution in [2.75, 3.05) is 13.2 Å². The summed E-state index contributed by atoms with van der Waals surface area (Å²) in [4.78, 5) is 11.5. The molecule has 4 rings (SSSR count). The van der Waals surface area contributed by atoms with E-state index in [0.717, 1.165) is 22.9 Å². The SMILES string of the molecule is O=C(O)C1(c2cc3c(cc2Br)OCC2(CC2)CO3)CC1. The number of rotatable bonds is 2. The Hall–Kier alpha value is -1.23. The molecule has 1 spiro atoms. The summed E-state index contributed by atoms with van der Waals surface area (Å²) in [5.41, 5.74) is 0.260. The normalized spacial score (nSPS) is 24.1. The third-order valence-electron chi connectivity index (χ3n) is 4.73. The maximum atomic E-state index is 11.5. The van der Waals surface area contributed by atoms with Crippen LogP contribution in [0.4, 0.5) is 0 Å². The minimum absolute atomic E-state index is 0.190. The second-order valence-corrected chi connectivity index (χ2v) is 7.10. The number of benzene rings is 1. The number of hydrogen-bond donors (Lipinski definition) is 1. The quantitative estimate of drug-likeness (QED) is 0.900. The molecule has 1 aromatic carbocycles. The molecule has 106 valence electrons. The first-order valence-corrected chi connectivity index (χ1v) is 7.67. The van der Waals surface area contributed by atoms with E-state index >= 15 is 0 Å². The number of fused-ring (bicyclic) bond motifs is 1. The first-order valence-electron chi connectivity index (χ1n) is 6.88. The Balaban J connectivity index is 1.73. The molecule has 0 unspecified atom stereocenters. The minimum atomic E-state index is -0.758. The van der Waals surface area contributed by atoms with Gasteiger partial charge in [0, 0.05) is 9.89 Å². The van der Waals surface area contributed by atoms with Gasteiger partial charge in [-0.25, -0.2) is 0 Å². The van der Waals surface area contributed by atoms with E-state index in [0.29, 0.717) is 37.6 Å². The summed E-state index contributed by atoms with van der Waals surface area (Å²) >= 11 is 3.49. The zero-order valence-electron chi connectivity index (χ0n) is 10.9. The Morgan fingerprint density at radius 2 is 1.70 bits per heavy atom. The van der Waals surface area contributed by atoms with Crippen LogP contribution in [0.15, 0.2) is 16.6 Å². The summed E-state index contributed by atoms with van der Waals surface area (Å²) in [7, 11) is 0. The fourth-order valence-electron chi connectivity index (χ4n) is 2.82. The zero-order chi connectivity index (χ0) is 14.0. The van der Waals surface area contributed by atoms with Gasteiger partial charge >= 0.3 is 5.97 Å². The van der Waals surface area contributed by atoms with Crippen LogP contribution < -0.4 is 9.47 Å². The van der Waals surface area contributed by atoms with Crippen LogP contribution in [-0.2, 0) is 10.2 Å². The van der Waals surface area contributed by atoms with Crippen molar-refractivity contribution in [2.24, 2.45) is 5.41 Å². The molecule has 0 bridgehead atoms.